The predicted molar refractivity (Wildman–Crippen MR) is 68.0 cm³/mol. The summed E-state index contributed by atoms with van der Waals surface area (Å²) >= 11 is 5.70. The van der Waals surface area contributed by atoms with E-state index < -0.39 is 12.0 Å². The van der Waals surface area contributed by atoms with Crippen LogP contribution in [0.2, 0.25) is 5.15 Å². The van der Waals surface area contributed by atoms with Crippen LogP contribution >= 0.6 is 11.6 Å². The summed E-state index contributed by atoms with van der Waals surface area (Å²) in [6.45, 7) is 3.98. The average Bonchev–Trinajstić information content (AvgIpc) is 2.28. The number of likely N-dealkylation sites (N-methyl/N-ethyl adjacent to an activating group) is 1. The lowest BCUT2D eigenvalue weighted by Crippen LogP contribution is -2.37. The number of pyridine rings is 1. The van der Waals surface area contributed by atoms with Gasteiger partial charge in [-0.1, -0.05) is 11.6 Å². The zero-order valence-electron chi connectivity index (χ0n) is 10.0. The number of hydrogen-bond acceptors (Lipinski definition) is 4. The molecular weight excluding hydrogens is 258 g/mol. The molecule has 0 aliphatic heterocycles. The number of carboxylic acid groups (broad SMARTS) is 1. The summed E-state index contributed by atoms with van der Waals surface area (Å²) in [4.78, 5) is 26.2. The molecule has 0 saturated carbocycles. The highest BCUT2D eigenvalue weighted by molar-refractivity contribution is 6.29. The lowest BCUT2D eigenvalue weighted by Gasteiger charge is -2.14. The topological polar surface area (TPSA) is 91.3 Å². The van der Waals surface area contributed by atoms with Gasteiger partial charge in [-0.15, -0.1) is 0 Å². The fourth-order valence-electron chi connectivity index (χ4n) is 1.31. The van der Waals surface area contributed by atoms with Crippen LogP contribution < -0.4 is 10.6 Å². The molecule has 98 valence electrons. The number of carbonyl (C=O) groups is 2. The Morgan fingerprint density at radius 2 is 2.17 bits per heavy atom. The summed E-state index contributed by atoms with van der Waals surface area (Å²) in [5.41, 5.74) is 0.0144. The van der Waals surface area contributed by atoms with Gasteiger partial charge in [-0.25, -0.2) is 9.78 Å². The number of carboxylic acids is 1. The minimum atomic E-state index is -1.10. The molecular formula is C11H14ClN3O3. The second-order valence-corrected chi connectivity index (χ2v) is 4.02. The van der Waals surface area contributed by atoms with Gasteiger partial charge in [0.15, 0.2) is 0 Å². The first-order valence-corrected chi connectivity index (χ1v) is 5.77. The monoisotopic (exact) mass is 271 g/mol. The molecule has 1 aromatic rings. The highest BCUT2D eigenvalue weighted by atomic mass is 35.5. The van der Waals surface area contributed by atoms with Crippen molar-refractivity contribution in [3.8, 4) is 0 Å². The van der Waals surface area contributed by atoms with Gasteiger partial charge < -0.3 is 15.7 Å². The number of amides is 1. The number of nitrogens with one attached hydrogen (secondary N) is 2. The lowest BCUT2D eigenvalue weighted by molar-refractivity contribution is -0.121. The molecule has 3 N–H and O–H groups in total. The Kier molecular flexibility index (Phi) is 4.91. The second-order valence-electron chi connectivity index (χ2n) is 3.63. The van der Waals surface area contributed by atoms with E-state index in [9.17, 15) is 9.59 Å². The Morgan fingerprint density at radius 1 is 1.50 bits per heavy atom. The second kappa shape index (κ2) is 6.20. The summed E-state index contributed by atoms with van der Waals surface area (Å²) in [6, 6.07) is 2.04. The Labute approximate surface area is 109 Å². The van der Waals surface area contributed by atoms with Crippen LogP contribution in [0.15, 0.2) is 12.1 Å². The molecule has 18 heavy (non-hydrogen) atoms. The van der Waals surface area contributed by atoms with Crippen molar-refractivity contribution in [1.29, 1.82) is 0 Å². The van der Waals surface area contributed by atoms with Crippen LogP contribution in [0.25, 0.3) is 0 Å². The van der Waals surface area contributed by atoms with Gasteiger partial charge in [0.25, 0.3) is 0 Å². The molecule has 7 heteroatoms. The largest absolute Gasteiger partial charge is 0.478 e. The van der Waals surface area contributed by atoms with E-state index in [2.05, 4.69) is 15.6 Å². The first kappa shape index (κ1) is 14.2. The molecule has 1 atom stereocenters. The Bertz CT molecular complexity index is 465. The molecule has 0 bridgehead atoms. The molecule has 0 spiro atoms. The number of rotatable bonds is 5. The maximum atomic E-state index is 11.5. The minimum Gasteiger partial charge on any atom is -0.478 e. The first-order chi connectivity index (χ1) is 8.43. The van der Waals surface area contributed by atoms with E-state index in [1.54, 1.807) is 6.92 Å². The van der Waals surface area contributed by atoms with Crippen molar-refractivity contribution >= 4 is 29.3 Å². The maximum Gasteiger partial charge on any atom is 0.335 e. The highest BCUT2D eigenvalue weighted by Gasteiger charge is 2.14. The van der Waals surface area contributed by atoms with Gasteiger partial charge >= 0.3 is 5.97 Å². The lowest BCUT2D eigenvalue weighted by atomic mass is 10.2. The Hall–Kier alpha value is -1.82. The third-order valence-electron chi connectivity index (χ3n) is 2.15. The maximum absolute atomic E-state index is 11.5. The van der Waals surface area contributed by atoms with Gasteiger partial charge in [0.2, 0.25) is 5.91 Å². The molecule has 1 unspecified atom stereocenters. The van der Waals surface area contributed by atoms with Crippen molar-refractivity contribution in [1.82, 2.24) is 10.3 Å². The van der Waals surface area contributed by atoms with Crippen LogP contribution in [0.4, 0.5) is 5.82 Å². The zero-order chi connectivity index (χ0) is 13.7. The number of anilines is 1. The molecule has 6 nitrogen and oxygen atoms in total. The van der Waals surface area contributed by atoms with Crippen LogP contribution in [0.1, 0.15) is 24.2 Å². The molecule has 0 aliphatic carbocycles. The van der Waals surface area contributed by atoms with Crippen molar-refractivity contribution in [3.63, 3.8) is 0 Å². The van der Waals surface area contributed by atoms with E-state index in [4.69, 9.17) is 16.7 Å². The number of hydrogen-bond donors (Lipinski definition) is 3. The molecule has 1 rings (SSSR count). The number of aromatic nitrogens is 1. The van der Waals surface area contributed by atoms with Crippen molar-refractivity contribution in [2.75, 3.05) is 11.9 Å². The third-order valence-corrected chi connectivity index (χ3v) is 2.34. The van der Waals surface area contributed by atoms with E-state index in [-0.39, 0.29) is 22.4 Å². The first-order valence-electron chi connectivity index (χ1n) is 5.39. The Morgan fingerprint density at radius 3 is 2.72 bits per heavy atom. The number of nitrogens with zero attached hydrogens (tertiary/aromatic N) is 1. The molecule has 0 fully saturated rings. The van der Waals surface area contributed by atoms with Gasteiger partial charge in [0.05, 0.1) is 5.56 Å². The molecule has 0 saturated heterocycles. The summed E-state index contributed by atoms with van der Waals surface area (Å²) in [7, 11) is 0. The fraction of sp³-hybridized carbons (Fsp3) is 0.364. The van der Waals surface area contributed by atoms with Crippen molar-refractivity contribution in [2.45, 2.75) is 19.9 Å². The number of halogens is 1. The quantitative estimate of drug-likeness (QED) is 0.704. The van der Waals surface area contributed by atoms with Gasteiger partial charge in [-0.3, -0.25) is 4.79 Å². The summed E-state index contributed by atoms with van der Waals surface area (Å²) in [6.07, 6.45) is 0. The number of aromatic carboxylic acids is 1. The van der Waals surface area contributed by atoms with Crippen molar-refractivity contribution in [3.05, 3.63) is 22.8 Å². The van der Waals surface area contributed by atoms with Crippen molar-refractivity contribution < 1.29 is 14.7 Å². The molecule has 1 heterocycles. The van der Waals surface area contributed by atoms with Crippen LogP contribution in [0.5, 0.6) is 0 Å². The van der Waals surface area contributed by atoms with Crippen LogP contribution in [0, 0.1) is 0 Å². The summed E-state index contributed by atoms with van der Waals surface area (Å²) < 4.78 is 0. The van der Waals surface area contributed by atoms with Gasteiger partial charge in [0.1, 0.15) is 17.0 Å². The van der Waals surface area contributed by atoms with E-state index in [1.807, 2.05) is 6.92 Å². The van der Waals surface area contributed by atoms with Crippen LogP contribution in [-0.2, 0) is 4.79 Å². The summed E-state index contributed by atoms with van der Waals surface area (Å²) in [5.74, 6) is -1.05. The Balaban J connectivity index is 2.84. The third kappa shape index (κ3) is 3.89. The van der Waals surface area contributed by atoms with Crippen LogP contribution in [0.3, 0.4) is 0 Å². The van der Waals surface area contributed by atoms with E-state index in [0.717, 1.165) is 0 Å². The standard InChI is InChI=1S/C11H14ClN3O3/c1-3-13-10(16)6(2)14-9-5-7(11(17)18)4-8(12)15-9/h4-6H,3H2,1-2H3,(H,13,16)(H,14,15)(H,17,18). The SMILES string of the molecule is CCNC(=O)C(C)Nc1cc(C(=O)O)cc(Cl)n1. The van der Waals surface area contributed by atoms with Gasteiger partial charge in [0, 0.05) is 6.54 Å². The average molecular weight is 272 g/mol. The molecule has 0 aliphatic rings. The van der Waals surface area contributed by atoms with E-state index >= 15 is 0 Å². The fourth-order valence-corrected chi connectivity index (χ4v) is 1.52. The van der Waals surface area contributed by atoms with E-state index in [1.165, 1.54) is 12.1 Å². The summed E-state index contributed by atoms with van der Waals surface area (Å²) in [5, 5.41) is 14.4. The predicted octanol–water partition coefficient (Wildman–Crippen LogP) is 1.37. The molecule has 1 amide bonds. The molecule has 1 aromatic heterocycles. The zero-order valence-corrected chi connectivity index (χ0v) is 10.8. The van der Waals surface area contributed by atoms with Gasteiger partial charge in [-0.05, 0) is 26.0 Å². The van der Waals surface area contributed by atoms with Gasteiger partial charge in [-0.2, -0.15) is 0 Å². The number of carbonyl (C=O) groups excluding carboxylic acids is 1. The van der Waals surface area contributed by atoms with Crippen LogP contribution in [-0.4, -0.2) is 34.6 Å². The molecule has 0 aromatic carbocycles. The highest BCUT2D eigenvalue weighted by Crippen LogP contribution is 2.15. The van der Waals surface area contributed by atoms with E-state index in [0.29, 0.717) is 6.54 Å². The van der Waals surface area contributed by atoms with Crippen molar-refractivity contribution in [2.24, 2.45) is 0 Å². The molecule has 0 radical (unpaired) electrons. The minimum absolute atomic E-state index is 0.0144. The normalized spacial score (nSPS) is 11.7. The smallest absolute Gasteiger partial charge is 0.335 e.